The minimum Gasteiger partial charge on any atom is -0.366 e. The SMILES string of the molecule is NC(=O)c1ccccc1NC(=O)c1cc(-c2ccc(Cl)cc2)nn1-c1ccccc1. The Morgan fingerprint density at radius 1 is 0.900 bits per heavy atom. The lowest BCUT2D eigenvalue weighted by atomic mass is 10.1. The molecule has 0 fully saturated rings. The molecule has 7 heteroatoms. The van der Waals surface area contributed by atoms with E-state index < -0.39 is 11.8 Å². The van der Waals surface area contributed by atoms with Crippen LogP contribution < -0.4 is 11.1 Å². The first-order chi connectivity index (χ1) is 14.5. The van der Waals surface area contributed by atoms with Gasteiger partial charge < -0.3 is 11.1 Å². The van der Waals surface area contributed by atoms with Crippen LogP contribution in [0.3, 0.4) is 0 Å². The van der Waals surface area contributed by atoms with E-state index in [0.29, 0.717) is 22.1 Å². The van der Waals surface area contributed by atoms with Crippen molar-refractivity contribution in [3.05, 3.63) is 101 Å². The average molecular weight is 417 g/mol. The minimum atomic E-state index is -0.621. The highest BCUT2D eigenvalue weighted by Crippen LogP contribution is 2.24. The molecule has 30 heavy (non-hydrogen) atoms. The molecule has 0 bridgehead atoms. The second kappa shape index (κ2) is 8.23. The van der Waals surface area contributed by atoms with Gasteiger partial charge in [-0.1, -0.05) is 54.1 Å². The van der Waals surface area contributed by atoms with Crippen LogP contribution in [0, 0.1) is 0 Å². The lowest BCUT2D eigenvalue weighted by Gasteiger charge is -2.10. The minimum absolute atomic E-state index is 0.231. The first-order valence-corrected chi connectivity index (χ1v) is 9.52. The summed E-state index contributed by atoms with van der Waals surface area (Å²) >= 11 is 5.99. The van der Waals surface area contributed by atoms with Gasteiger partial charge in [0, 0.05) is 10.6 Å². The number of halogens is 1. The fraction of sp³-hybridized carbons (Fsp3) is 0. The number of carbonyl (C=O) groups is 2. The first-order valence-electron chi connectivity index (χ1n) is 9.14. The summed E-state index contributed by atoms with van der Waals surface area (Å²) in [7, 11) is 0. The van der Waals surface area contributed by atoms with Crippen molar-refractivity contribution in [1.29, 1.82) is 0 Å². The van der Waals surface area contributed by atoms with Crippen molar-refractivity contribution in [2.45, 2.75) is 0 Å². The van der Waals surface area contributed by atoms with Crippen molar-refractivity contribution in [3.63, 3.8) is 0 Å². The molecule has 3 N–H and O–H groups in total. The Morgan fingerprint density at radius 3 is 2.27 bits per heavy atom. The number of aromatic nitrogens is 2. The van der Waals surface area contributed by atoms with Crippen LogP contribution in [0.15, 0.2) is 84.9 Å². The third-order valence-electron chi connectivity index (χ3n) is 4.52. The standard InChI is InChI=1S/C23H17ClN4O2/c24-16-12-10-15(11-13-16)20-14-21(28(27-20)17-6-2-1-3-7-17)23(30)26-19-9-5-4-8-18(19)22(25)29/h1-14H,(H2,25,29)(H,26,30). The monoisotopic (exact) mass is 416 g/mol. The largest absolute Gasteiger partial charge is 0.366 e. The van der Waals surface area contributed by atoms with Gasteiger partial charge in [0.05, 0.1) is 22.6 Å². The van der Waals surface area contributed by atoms with Gasteiger partial charge in [0.25, 0.3) is 11.8 Å². The molecule has 4 aromatic rings. The van der Waals surface area contributed by atoms with E-state index in [2.05, 4.69) is 10.4 Å². The second-order valence-electron chi connectivity index (χ2n) is 6.53. The highest BCUT2D eigenvalue weighted by atomic mass is 35.5. The summed E-state index contributed by atoms with van der Waals surface area (Å²) in [5, 5.41) is 8.01. The van der Waals surface area contributed by atoms with Crippen LogP contribution >= 0.6 is 11.6 Å². The molecular weight excluding hydrogens is 400 g/mol. The summed E-state index contributed by atoms with van der Waals surface area (Å²) < 4.78 is 1.56. The van der Waals surface area contributed by atoms with Gasteiger partial charge in [-0.3, -0.25) is 9.59 Å². The number of nitrogens with two attached hydrogens (primary N) is 1. The topological polar surface area (TPSA) is 90.0 Å². The summed E-state index contributed by atoms with van der Waals surface area (Å²) in [6.45, 7) is 0. The molecule has 2 amide bonds. The van der Waals surface area contributed by atoms with E-state index in [1.54, 1.807) is 47.1 Å². The zero-order valence-electron chi connectivity index (χ0n) is 15.7. The number of rotatable bonds is 5. The van der Waals surface area contributed by atoms with Crippen LogP contribution in [-0.2, 0) is 0 Å². The van der Waals surface area contributed by atoms with Gasteiger partial charge in [0.15, 0.2) is 0 Å². The Morgan fingerprint density at radius 2 is 1.57 bits per heavy atom. The molecule has 3 aromatic carbocycles. The molecule has 0 saturated carbocycles. The average Bonchev–Trinajstić information content (AvgIpc) is 3.21. The summed E-state index contributed by atoms with van der Waals surface area (Å²) in [6.07, 6.45) is 0. The molecule has 6 nitrogen and oxygen atoms in total. The maximum Gasteiger partial charge on any atom is 0.274 e. The van der Waals surface area contributed by atoms with Crippen LogP contribution in [0.1, 0.15) is 20.8 Å². The van der Waals surface area contributed by atoms with Crippen molar-refractivity contribution in [1.82, 2.24) is 9.78 Å². The maximum atomic E-state index is 13.1. The van der Waals surface area contributed by atoms with Crippen molar-refractivity contribution in [2.75, 3.05) is 5.32 Å². The number of carbonyl (C=O) groups excluding carboxylic acids is 2. The number of anilines is 1. The second-order valence-corrected chi connectivity index (χ2v) is 6.97. The van der Waals surface area contributed by atoms with E-state index in [-0.39, 0.29) is 5.56 Å². The van der Waals surface area contributed by atoms with E-state index in [4.69, 9.17) is 17.3 Å². The Bertz CT molecular complexity index is 1220. The number of hydrogen-bond acceptors (Lipinski definition) is 3. The van der Waals surface area contributed by atoms with Crippen molar-refractivity contribution < 1.29 is 9.59 Å². The molecule has 0 aliphatic carbocycles. The Balaban J connectivity index is 1.77. The van der Waals surface area contributed by atoms with Crippen LogP contribution in [0.4, 0.5) is 5.69 Å². The molecule has 148 valence electrons. The van der Waals surface area contributed by atoms with Crippen LogP contribution in [0.25, 0.3) is 16.9 Å². The van der Waals surface area contributed by atoms with Gasteiger partial charge >= 0.3 is 0 Å². The molecule has 0 radical (unpaired) electrons. The predicted molar refractivity (Wildman–Crippen MR) is 117 cm³/mol. The maximum absolute atomic E-state index is 13.1. The summed E-state index contributed by atoms with van der Waals surface area (Å²) in [5.41, 5.74) is 8.46. The number of amides is 2. The van der Waals surface area contributed by atoms with Crippen LogP contribution in [-0.4, -0.2) is 21.6 Å². The Kier molecular flexibility index (Phi) is 5.32. The van der Waals surface area contributed by atoms with Gasteiger partial charge in [0.2, 0.25) is 0 Å². The Hall–Kier alpha value is -3.90. The van der Waals surface area contributed by atoms with E-state index in [9.17, 15) is 9.59 Å². The molecule has 0 aliphatic heterocycles. The summed E-state index contributed by atoms with van der Waals surface area (Å²) in [6, 6.07) is 24.8. The van der Waals surface area contributed by atoms with E-state index in [1.165, 1.54) is 0 Å². The number of hydrogen-bond donors (Lipinski definition) is 2. The van der Waals surface area contributed by atoms with Gasteiger partial charge in [-0.15, -0.1) is 0 Å². The normalized spacial score (nSPS) is 10.6. The molecule has 0 atom stereocenters. The highest BCUT2D eigenvalue weighted by molar-refractivity contribution is 6.30. The zero-order valence-corrected chi connectivity index (χ0v) is 16.5. The molecule has 1 aromatic heterocycles. The number of nitrogens with zero attached hydrogens (tertiary/aromatic N) is 2. The predicted octanol–water partition coefficient (Wildman–Crippen LogP) is 4.54. The lowest BCUT2D eigenvalue weighted by Crippen LogP contribution is -2.20. The number of nitrogens with one attached hydrogen (secondary N) is 1. The first kappa shape index (κ1) is 19.4. The van der Waals surface area contributed by atoms with Crippen molar-refractivity contribution >= 4 is 29.1 Å². The van der Waals surface area contributed by atoms with Gasteiger partial charge in [-0.05, 0) is 42.5 Å². The van der Waals surface area contributed by atoms with E-state index in [0.717, 1.165) is 11.3 Å². The van der Waals surface area contributed by atoms with E-state index in [1.807, 2.05) is 42.5 Å². The molecule has 4 rings (SSSR count). The third kappa shape index (κ3) is 3.94. The third-order valence-corrected chi connectivity index (χ3v) is 4.78. The van der Waals surface area contributed by atoms with E-state index >= 15 is 0 Å². The van der Waals surface area contributed by atoms with Crippen LogP contribution in [0.5, 0.6) is 0 Å². The zero-order chi connectivity index (χ0) is 21.1. The number of benzene rings is 3. The quantitative estimate of drug-likeness (QED) is 0.500. The number of primary amides is 1. The van der Waals surface area contributed by atoms with Gasteiger partial charge in [0.1, 0.15) is 5.69 Å². The van der Waals surface area contributed by atoms with Gasteiger partial charge in [-0.2, -0.15) is 5.10 Å². The number of para-hydroxylation sites is 2. The highest BCUT2D eigenvalue weighted by Gasteiger charge is 2.19. The molecule has 0 saturated heterocycles. The van der Waals surface area contributed by atoms with Crippen molar-refractivity contribution in [3.8, 4) is 16.9 Å². The van der Waals surface area contributed by atoms with Crippen molar-refractivity contribution in [2.24, 2.45) is 5.73 Å². The Labute approximate surface area is 177 Å². The molecule has 0 aliphatic rings. The van der Waals surface area contributed by atoms with Crippen LogP contribution in [0.2, 0.25) is 5.02 Å². The lowest BCUT2D eigenvalue weighted by molar-refractivity contribution is 0.100. The molecule has 0 spiro atoms. The molecular formula is C23H17ClN4O2. The smallest absolute Gasteiger partial charge is 0.274 e. The fourth-order valence-electron chi connectivity index (χ4n) is 3.06. The molecule has 1 heterocycles. The van der Waals surface area contributed by atoms with Gasteiger partial charge in [-0.25, -0.2) is 4.68 Å². The fourth-order valence-corrected chi connectivity index (χ4v) is 3.19. The molecule has 0 unspecified atom stereocenters. The summed E-state index contributed by atoms with van der Waals surface area (Å²) in [5.74, 6) is -1.04. The summed E-state index contributed by atoms with van der Waals surface area (Å²) in [4.78, 5) is 24.8.